The molecule has 0 fully saturated rings. The van der Waals surface area contributed by atoms with Crippen LogP contribution < -0.4 is 4.74 Å². The molecule has 0 amide bonds. The van der Waals surface area contributed by atoms with Crippen molar-refractivity contribution in [1.82, 2.24) is 0 Å². The maximum absolute atomic E-state index is 11.7. The number of benzene rings is 1. The van der Waals surface area contributed by atoms with Crippen LogP contribution in [0.3, 0.4) is 0 Å². The van der Waals surface area contributed by atoms with E-state index in [9.17, 15) is 9.59 Å². The molecule has 0 aliphatic carbocycles. The van der Waals surface area contributed by atoms with E-state index in [0.717, 1.165) is 0 Å². The van der Waals surface area contributed by atoms with Crippen LogP contribution in [0.4, 0.5) is 0 Å². The largest absolute Gasteiger partial charge is 0.493 e. The minimum atomic E-state index is -1.04. The van der Waals surface area contributed by atoms with Gasteiger partial charge in [-0.15, -0.1) is 0 Å². The van der Waals surface area contributed by atoms with Gasteiger partial charge in [-0.25, -0.2) is 4.79 Å². The molecule has 5 nitrogen and oxygen atoms in total. The molecule has 0 radical (unpaired) electrons. The average Bonchev–Trinajstić information content (AvgIpc) is 2.39. The summed E-state index contributed by atoms with van der Waals surface area (Å²) >= 11 is 0. The summed E-state index contributed by atoms with van der Waals surface area (Å²) in [4.78, 5) is 22.7. The van der Waals surface area contributed by atoms with Gasteiger partial charge in [-0.05, 0) is 39.3 Å². The Hall–Kier alpha value is -2.04. The lowest BCUT2D eigenvalue weighted by Crippen LogP contribution is -2.28. The number of ether oxygens (including phenoxy) is 2. The van der Waals surface area contributed by atoms with Crippen LogP contribution >= 0.6 is 0 Å². The van der Waals surface area contributed by atoms with Gasteiger partial charge in [0, 0.05) is 0 Å². The number of carboxylic acid groups (broad SMARTS) is 1. The molecule has 1 aromatic rings. The molecule has 0 saturated heterocycles. The molecule has 0 saturated carbocycles. The van der Waals surface area contributed by atoms with Crippen molar-refractivity contribution < 1.29 is 24.2 Å². The molecule has 0 heterocycles. The first-order chi connectivity index (χ1) is 9.38. The fourth-order valence-electron chi connectivity index (χ4n) is 1.61. The van der Waals surface area contributed by atoms with Crippen LogP contribution in [0.2, 0.25) is 0 Å². The fourth-order valence-corrected chi connectivity index (χ4v) is 1.61. The lowest BCUT2D eigenvalue weighted by molar-refractivity contribution is -0.154. The topological polar surface area (TPSA) is 72.8 Å². The first kappa shape index (κ1) is 16.0. The van der Waals surface area contributed by atoms with Crippen LogP contribution in [0.5, 0.6) is 5.75 Å². The van der Waals surface area contributed by atoms with Gasteiger partial charge in [0.2, 0.25) is 0 Å². The molecule has 0 aliphatic rings. The molecule has 1 rings (SSSR count). The van der Waals surface area contributed by atoms with Gasteiger partial charge >= 0.3 is 11.9 Å². The second kappa shape index (κ2) is 6.93. The van der Waals surface area contributed by atoms with Gasteiger partial charge < -0.3 is 14.6 Å². The number of carbonyl (C=O) groups is 2. The van der Waals surface area contributed by atoms with Gasteiger partial charge in [-0.1, -0.05) is 12.1 Å². The minimum absolute atomic E-state index is 0.112. The maximum Gasteiger partial charge on any atom is 0.339 e. The van der Waals surface area contributed by atoms with E-state index in [-0.39, 0.29) is 18.1 Å². The van der Waals surface area contributed by atoms with E-state index in [1.165, 1.54) is 6.07 Å². The zero-order valence-electron chi connectivity index (χ0n) is 12.0. The van der Waals surface area contributed by atoms with Gasteiger partial charge in [0.05, 0.1) is 18.6 Å². The third-order valence-corrected chi connectivity index (χ3v) is 2.93. The van der Waals surface area contributed by atoms with Gasteiger partial charge in [0.15, 0.2) is 0 Å². The highest BCUT2D eigenvalue weighted by Crippen LogP contribution is 2.24. The highest BCUT2D eigenvalue weighted by atomic mass is 16.5. The van der Waals surface area contributed by atoms with Gasteiger partial charge in [-0.2, -0.15) is 0 Å². The van der Waals surface area contributed by atoms with E-state index in [4.69, 9.17) is 14.6 Å². The quantitative estimate of drug-likeness (QED) is 0.777. The van der Waals surface area contributed by atoms with E-state index in [2.05, 4.69) is 0 Å². The maximum atomic E-state index is 11.7. The van der Waals surface area contributed by atoms with Gasteiger partial charge in [0.25, 0.3) is 0 Å². The van der Waals surface area contributed by atoms with Crippen molar-refractivity contribution in [2.75, 3.05) is 13.2 Å². The summed E-state index contributed by atoms with van der Waals surface area (Å²) in [7, 11) is 0. The van der Waals surface area contributed by atoms with Crippen molar-refractivity contribution in [3.05, 3.63) is 29.8 Å². The molecule has 0 atom stereocenters. The Kier molecular flexibility index (Phi) is 5.55. The van der Waals surface area contributed by atoms with Crippen LogP contribution in [0, 0.1) is 5.41 Å². The lowest BCUT2D eigenvalue weighted by Gasteiger charge is -2.22. The molecule has 1 N–H and O–H groups in total. The first-order valence-corrected chi connectivity index (χ1v) is 6.51. The van der Waals surface area contributed by atoms with E-state index in [0.29, 0.717) is 18.8 Å². The molecular weight excluding hydrogens is 260 g/mol. The van der Waals surface area contributed by atoms with Crippen LogP contribution in [0.15, 0.2) is 24.3 Å². The zero-order chi connectivity index (χ0) is 15.2. The number of esters is 1. The molecule has 0 spiro atoms. The number of hydrogen-bond donors (Lipinski definition) is 1. The Labute approximate surface area is 118 Å². The molecule has 5 heteroatoms. The molecule has 0 aromatic heterocycles. The highest BCUT2D eigenvalue weighted by Gasteiger charge is 2.29. The SMILES string of the molecule is CCOC(=O)C(C)(C)CCOc1ccccc1C(=O)O. The van der Waals surface area contributed by atoms with E-state index < -0.39 is 11.4 Å². The molecular formula is C15H20O5. The Bertz CT molecular complexity index is 479. The van der Waals surface area contributed by atoms with Crippen LogP contribution in [0.1, 0.15) is 37.6 Å². The van der Waals surface area contributed by atoms with Crippen molar-refractivity contribution in [3.8, 4) is 5.75 Å². The third-order valence-electron chi connectivity index (χ3n) is 2.93. The minimum Gasteiger partial charge on any atom is -0.493 e. The summed E-state index contributed by atoms with van der Waals surface area (Å²) in [6, 6.07) is 6.42. The number of para-hydroxylation sites is 1. The van der Waals surface area contributed by atoms with Gasteiger partial charge in [0.1, 0.15) is 11.3 Å². The number of carbonyl (C=O) groups excluding carboxylic acids is 1. The molecule has 0 aliphatic heterocycles. The van der Waals surface area contributed by atoms with Crippen molar-refractivity contribution >= 4 is 11.9 Å². The summed E-state index contributed by atoms with van der Waals surface area (Å²) in [6.45, 7) is 5.89. The fraction of sp³-hybridized carbons (Fsp3) is 0.467. The Balaban J connectivity index is 2.61. The summed E-state index contributed by atoms with van der Waals surface area (Å²) in [6.07, 6.45) is 0.444. The van der Waals surface area contributed by atoms with Crippen molar-refractivity contribution in [3.63, 3.8) is 0 Å². The smallest absolute Gasteiger partial charge is 0.339 e. The van der Waals surface area contributed by atoms with Crippen molar-refractivity contribution in [2.45, 2.75) is 27.2 Å². The summed E-state index contributed by atoms with van der Waals surface area (Å²) in [5.74, 6) is -1.01. The summed E-state index contributed by atoms with van der Waals surface area (Å²) in [5.41, 5.74) is -0.546. The second-order valence-electron chi connectivity index (χ2n) is 5.00. The van der Waals surface area contributed by atoms with Crippen LogP contribution in [-0.4, -0.2) is 30.3 Å². The molecule has 1 aromatic carbocycles. The highest BCUT2D eigenvalue weighted by molar-refractivity contribution is 5.90. The summed E-state index contributed by atoms with van der Waals surface area (Å²) in [5, 5.41) is 9.03. The Morgan fingerprint density at radius 1 is 1.25 bits per heavy atom. The van der Waals surface area contributed by atoms with E-state index in [1.807, 2.05) is 0 Å². The Morgan fingerprint density at radius 3 is 2.50 bits per heavy atom. The molecule has 0 unspecified atom stereocenters. The average molecular weight is 280 g/mol. The molecule has 110 valence electrons. The standard InChI is InChI=1S/C15H20O5/c1-4-19-14(18)15(2,3)9-10-20-12-8-6-5-7-11(12)13(16)17/h5-8H,4,9-10H2,1-3H3,(H,16,17). The number of aromatic carboxylic acids is 1. The zero-order valence-corrected chi connectivity index (χ0v) is 12.0. The second-order valence-corrected chi connectivity index (χ2v) is 5.00. The lowest BCUT2D eigenvalue weighted by atomic mass is 9.90. The van der Waals surface area contributed by atoms with Crippen LogP contribution in [-0.2, 0) is 9.53 Å². The molecule has 0 bridgehead atoms. The van der Waals surface area contributed by atoms with Gasteiger partial charge in [-0.3, -0.25) is 4.79 Å². The predicted molar refractivity (Wildman–Crippen MR) is 73.9 cm³/mol. The summed E-state index contributed by atoms with van der Waals surface area (Å²) < 4.78 is 10.5. The molecule has 20 heavy (non-hydrogen) atoms. The van der Waals surface area contributed by atoms with Crippen molar-refractivity contribution in [2.24, 2.45) is 5.41 Å². The number of carboxylic acids is 1. The third kappa shape index (κ3) is 4.26. The predicted octanol–water partition coefficient (Wildman–Crippen LogP) is 2.74. The van der Waals surface area contributed by atoms with E-state index in [1.54, 1.807) is 39.0 Å². The number of hydrogen-bond acceptors (Lipinski definition) is 4. The first-order valence-electron chi connectivity index (χ1n) is 6.51. The number of rotatable bonds is 7. The van der Waals surface area contributed by atoms with Crippen LogP contribution in [0.25, 0.3) is 0 Å². The Morgan fingerprint density at radius 2 is 1.90 bits per heavy atom. The normalized spacial score (nSPS) is 10.9. The monoisotopic (exact) mass is 280 g/mol. The van der Waals surface area contributed by atoms with E-state index >= 15 is 0 Å². The van der Waals surface area contributed by atoms with Crippen molar-refractivity contribution in [1.29, 1.82) is 0 Å².